The van der Waals surface area contributed by atoms with Gasteiger partial charge in [-0.05, 0) is 61.9 Å². The zero-order chi connectivity index (χ0) is 23.5. The van der Waals surface area contributed by atoms with Gasteiger partial charge in [0.15, 0.2) is 0 Å². The molecule has 0 spiro atoms. The van der Waals surface area contributed by atoms with Gasteiger partial charge < -0.3 is 10.6 Å². The number of aromatic nitrogens is 1. The summed E-state index contributed by atoms with van der Waals surface area (Å²) >= 11 is 3.42. The lowest BCUT2D eigenvalue weighted by Crippen LogP contribution is -2.36. The number of amides is 3. The molecule has 3 amide bonds. The Kier molecular flexibility index (Phi) is 6.28. The molecule has 0 fully saturated rings. The molecule has 33 heavy (non-hydrogen) atoms. The maximum Gasteiger partial charge on any atom is 0.328 e. The third-order valence-electron chi connectivity index (χ3n) is 5.12. The van der Waals surface area contributed by atoms with Gasteiger partial charge in [-0.1, -0.05) is 51.8 Å². The molecule has 0 aliphatic carbocycles. The number of fused-ring (bicyclic) bond motifs is 1. The van der Waals surface area contributed by atoms with Crippen molar-refractivity contribution in [2.24, 2.45) is 0 Å². The van der Waals surface area contributed by atoms with Crippen molar-refractivity contribution < 1.29 is 14.4 Å². The number of aryl methyl sites for hydroxylation is 2. The van der Waals surface area contributed by atoms with E-state index in [2.05, 4.69) is 32.0 Å². The Morgan fingerprint density at radius 1 is 0.818 bits per heavy atom. The zero-order valence-corrected chi connectivity index (χ0v) is 19.6. The SMILES string of the molecule is Cc1ccc(NC(=O)c2cc3cc(Br)ccc3n2NC(=O)C(=O)Nc2ccccc2C)cc1. The Morgan fingerprint density at radius 3 is 2.27 bits per heavy atom. The van der Waals surface area contributed by atoms with Crippen LogP contribution in [0.5, 0.6) is 0 Å². The van der Waals surface area contributed by atoms with Crippen LogP contribution in [0.1, 0.15) is 21.6 Å². The molecule has 3 aromatic carbocycles. The Morgan fingerprint density at radius 2 is 1.55 bits per heavy atom. The first-order valence-corrected chi connectivity index (χ1v) is 11.0. The van der Waals surface area contributed by atoms with Crippen LogP contribution in [0.4, 0.5) is 11.4 Å². The van der Waals surface area contributed by atoms with Crippen LogP contribution in [-0.4, -0.2) is 22.4 Å². The lowest BCUT2D eigenvalue weighted by atomic mass is 10.2. The molecule has 0 aliphatic rings. The van der Waals surface area contributed by atoms with E-state index in [4.69, 9.17) is 0 Å². The van der Waals surface area contributed by atoms with Gasteiger partial charge in [-0.25, -0.2) is 4.68 Å². The summed E-state index contributed by atoms with van der Waals surface area (Å²) in [4.78, 5) is 38.3. The number of benzene rings is 3. The molecular formula is C25H21BrN4O3. The average molecular weight is 505 g/mol. The first-order valence-electron chi connectivity index (χ1n) is 10.2. The first kappa shape index (κ1) is 22.3. The van der Waals surface area contributed by atoms with Crippen molar-refractivity contribution in [1.82, 2.24) is 4.68 Å². The highest BCUT2D eigenvalue weighted by Crippen LogP contribution is 2.24. The molecule has 0 aliphatic heterocycles. The fraction of sp³-hybridized carbons (Fsp3) is 0.0800. The van der Waals surface area contributed by atoms with E-state index in [1.807, 2.05) is 44.2 Å². The smallest absolute Gasteiger partial charge is 0.321 e. The van der Waals surface area contributed by atoms with Crippen LogP contribution in [-0.2, 0) is 9.59 Å². The fourth-order valence-corrected chi connectivity index (χ4v) is 3.73. The standard InChI is InChI=1S/C25H21BrN4O3/c1-15-7-10-19(11-8-15)27-23(31)22-14-17-13-18(26)9-12-21(17)30(22)29-25(33)24(32)28-20-6-4-3-5-16(20)2/h3-14H,1-2H3,(H,27,31)(H,28,32)(H,29,33). The number of carbonyl (C=O) groups excluding carboxylic acids is 3. The van der Waals surface area contributed by atoms with Gasteiger partial charge in [-0.2, -0.15) is 0 Å². The summed E-state index contributed by atoms with van der Waals surface area (Å²) in [7, 11) is 0. The molecular weight excluding hydrogens is 484 g/mol. The zero-order valence-electron chi connectivity index (χ0n) is 18.0. The third kappa shape index (κ3) is 4.96. The van der Waals surface area contributed by atoms with Crippen molar-refractivity contribution in [2.45, 2.75) is 13.8 Å². The van der Waals surface area contributed by atoms with E-state index in [1.54, 1.807) is 42.5 Å². The van der Waals surface area contributed by atoms with Gasteiger partial charge in [0.05, 0.1) is 5.52 Å². The van der Waals surface area contributed by atoms with Crippen molar-refractivity contribution in [2.75, 3.05) is 16.1 Å². The summed E-state index contributed by atoms with van der Waals surface area (Å²) in [5.74, 6) is -2.16. The normalized spacial score (nSPS) is 10.6. The second kappa shape index (κ2) is 9.30. The summed E-state index contributed by atoms with van der Waals surface area (Å²) in [6.07, 6.45) is 0. The summed E-state index contributed by atoms with van der Waals surface area (Å²) in [6, 6.07) is 21.6. The average Bonchev–Trinajstić information content (AvgIpc) is 3.14. The largest absolute Gasteiger partial charge is 0.328 e. The van der Waals surface area contributed by atoms with E-state index in [0.29, 0.717) is 16.9 Å². The summed E-state index contributed by atoms with van der Waals surface area (Å²) in [6.45, 7) is 3.79. The number of para-hydroxylation sites is 1. The lowest BCUT2D eigenvalue weighted by molar-refractivity contribution is -0.133. The molecule has 4 rings (SSSR count). The van der Waals surface area contributed by atoms with Crippen LogP contribution in [0.3, 0.4) is 0 Å². The van der Waals surface area contributed by atoms with Crippen molar-refractivity contribution in [3.05, 3.63) is 94.1 Å². The molecule has 4 aromatic rings. The highest BCUT2D eigenvalue weighted by Gasteiger charge is 2.21. The molecule has 0 unspecified atom stereocenters. The van der Waals surface area contributed by atoms with Gasteiger partial charge in [0.25, 0.3) is 5.91 Å². The fourth-order valence-electron chi connectivity index (χ4n) is 3.35. The number of nitrogens with zero attached hydrogens (tertiary/aromatic N) is 1. The van der Waals surface area contributed by atoms with Crippen LogP contribution in [0.15, 0.2) is 77.3 Å². The van der Waals surface area contributed by atoms with Gasteiger partial charge in [0.2, 0.25) is 0 Å². The Bertz CT molecular complexity index is 1380. The Labute approximate surface area is 198 Å². The molecule has 1 aromatic heterocycles. The molecule has 3 N–H and O–H groups in total. The van der Waals surface area contributed by atoms with Gasteiger partial charge in [0, 0.05) is 21.2 Å². The van der Waals surface area contributed by atoms with E-state index in [1.165, 1.54) is 4.68 Å². The minimum absolute atomic E-state index is 0.181. The van der Waals surface area contributed by atoms with E-state index >= 15 is 0 Å². The number of anilines is 2. The molecule has 7 nitrogen and oxygen atoms in total. The predicted molar refractivity (Wildman–Crippen MR) is 133 cm³/mol. The molecule has 0 saturated carbocycles. The number of hydrogen-bond acceptors (Lipinski definition) is 3. The topological polar surface area (TPSA) is 92.2 Å². The maximum absolute atomic E-state index is 13.1. The number of carbonyl (C=O) groups is 3. The highest BCUT2D eigenvalue weighted by atomic mass is 79.9. The summed E-state index contributed by atoms with van der Waals surface area (Å²) in [5, 5.41) is 6.15. The van der Waals surface area contributed by atoms with Gasteiger partial charge in [-0.15, -0.1) is 0 Å². The van der Waals surface area contributed by atoms with Crippen LogP contribution in [0.25, 0.3) is 10.9 Å². The van der Waals surface area contributed by atoms with Crippen LogP contribution < -0.4 is 16.1 Å². The molecule has 8 heteroatoms. The number of halogens is 1. The Hall–Kier alpha value is -3.91. The molecule has 0 radical (unpaired) electrons. The summed E-state index contributed by atoms with van der Waals surface area (Å²) < 4.78 is 2.15. The first-order chi connectivity index (χ1) is 15.8. The monoisotopic (exact) mass is 504 g/mol. The van der Waals surface area contributed by atoms with Crippen molar-refractivity contribution in [3.8, 4) is 0 Å². The lowest BCUT2D eigenvalue weighted by Gasteiger charge is -2.13. The number of hydrogen-bond donors (Lipinski definition) is 3. The minimum Gasteiger partial charge on any atom is -0.321 e. The van der Waals surface area contributed by atoms with Gasteiger partial charge in [-0.3, -0.25) is 19.8 Å². The van der Waals surface area contributed by atoms with Crippen LogP contribution >= 0.6 is 15.9 Å². The predicted octanol–water partition coefficient (Wildman–Crippen LogP) is 4.98. The number of rotatable bonds is 4. The van der Waals surface area contributed by atoms with Crippen molar-refractivity contribution >= 4 is 55.9 Å². The highest BCUT2D eigenvalue weighted by molar-refractivity contribution is 9.10. The summed E-state index contributed by atoms with van der Waals surface area (Å²) in [5.41, 5.74) is 6.36. The molecule has 0 bridgehead atoms. The van der Waals surface area contributed by atoms with E-state index in [0.717, 1.165) is 21.0 Å². The second-order valence-electron chi connectivity index (χ2n) is 7.60. The van der Waals surface area contributed by atoms with E-state index < -0.39 is 17.7 Å². The van der Waals surface area contributed by atoms with E-state index in [-0.39, 0.29) is 5.69 Å². The minimum atomic E-state index is -0.900. The molecule has 0 atom stereocenters. The van der Waals surface area contributed by atoms with Crippen LogP contribution in [0, 0.1) is 13.8 Å². The van der Waals surface area contributed by atoms with E-state index in [9.17, 15) is 14.4 Å². The molecule has 0 saturated heterocycles. The van der Waals surface area contributed by atoms with Crippen molar-refractivity contribution in [1.29, 1.82) is 0 Å². The maximum atomic E-state index is 13.1. The quantitative estimate of drug-likeness (QED) is 0.342. The second-order valence-corrected chi connectivity index (χ2v) is 8.51. The Balaban J connectivity index is 1.63. The molecule has 166 valence electrons. The van der Waals surface area contributed by atoms with Gasteiger partial charge >= 0.3 is 11.8 Å². The molecule has 1 heterocycles. The van der Waals surface area contributed by atoms with Crippen molar-refractivity contribution in [3.63, 3.8) is 0 Å². The number of nitrogens with one attached hydrogen (secondary N) is 3. The van der Waals surface area contributed by atoms with Crippen LogP contribution in [0.2, 0.25) is 0 Å². The third-order valence-corrected chi connectivity index (χ3v) is 5.61. The van der Waals surface area contributed by atoms with Gasteiger partial charge in [0.1, 0.15) is 5.69 Å².